The van der Waals surface area contributed by atoms with Crippen LogP contribution in [0, 0.1) is 0 Å². The van der Waals surface area contributed by atoms with Crippen LogP contribution in [-0.4, -0.2) is 55.0 Å². The molecule has 0 unspecified atom stereocenters. The molecule has 2 aromatic rings. The summed E-state index contributed by atoms with van der Waals surface area (Å²) in [5.41, 5.74) is 1.52. The lowest BCUT2D eigenvalue weighted by Gasteiger charge is -2.32. The average Bonchev–Trinajstić information content (AvgIpc) is 2.83. The van der Waals surface area contributed by atoms with Gasteiger partial charge in [-0.05, 0) is 37.1 Å². The fourth-order valence-electron chi connectivity index (χ4n) is 4.03. The van der Waals surface area contributed by atoms with Crippen molar-refractivity contribution in [1.82, 2.24) is 10.2 Å². The van der Waals surface area contributed by atoms with Gasteiger partial charge in [0.15, 0.2) is 0 Å². The van der Waals surface area contributed by atoms with Crippen molar-refractivity contribution in [3.8, 4) is 5.75 Å². The van der Waals surface area contributed by atoms with Gasteiger partial charge in [0.2, 0.25) is 11.8 Å². The Kier molecular flexibility index (Phi) is 6.89. The summed E-state index contributed by atoms with van der Waals surface area (Å²) in [7, 11) is 0. The third-order valence-corrected chi connectivity index (χ3v) is 5.77. The van der Waals surface area contributed by atoms with Crippen LogP contribution in [0.25, 0.3) is 0 Å². The second-order valence-electron chi connectivity index (χ2n) is 7.99. The summed E-state index contributed by atoms with van der Waals surface area (Å²) in [5.74, 6) is 0.481. The molecule has 2 N–H and O–H groups in total. The number of likely N-dealkylation sites (tertiary alicyclic amines) is 1. The third kappa shape index (κ3) is 5.38. The molecule has 1 saturated heterocycles. The first kappa shape index (κ1) is 21.7. The minimum atomic E-state index is -0.132. The van der Waals surface area contributed by atoms with Crippen LogP contribution >= 0.6 is 0 Å². The van der Waals surface area contributed by atoms with Gasteiger partial charge < -0.3 is 25.2 Å². The van der Waals surface area contributed by atoms with E-state index >= 15 is 0 Å². The fourth-order valence-corrected chi connectivity index (χ4v) is 4.03. The Morgan fingerprint density at radius 2 is 1.62 bits per heavy atom. The van der Waals surface area contributed by atoms with E-state index < -0.39 is 0 Å². The van der Waals surface area contributed by atoms with Crippen molar-refractivity contribution in [2.45, 2.75) is 31.7 Å². The first-order valence-electron chi connectivity index (χ1n) is 11.0. The number of amides is 4. The lowest BCUT2D eigenvalue weighted by Crippen LogP contribution is -2.47. The summed E-state index contributed by atoms with van der Waals surface area (Å²) in [6.07, 6.45) is 1.68. The van der Waals surface area contributed by atoms with Gasteiger partial charge in [-0.25, -0.2) is 4.79 Å². The largest absolute Gasteiger partial charge is 0.490 e. The van der Waals surface area contributed by atoms with E-state index in [1.54, 1.807) is 9.80 Å². The monoisotopic (exact) mass is 436 g/mol. The van der Waals surface area contributed by atoms with Crippen molar-refractivity contribution in [3.63, 3.8) is 0 Å². The Balaban J connectivity index is 1.19. The predicted octanol–water partition coefficient (Wildman–Crippen LogP) is 3.00. The molecule has 2 heterocycles. The number of hydrogen-bond acceptors (Lipinski definition) is 4. The van der Waals surface area contributed by atoms with Crippen molar-refractivity contribution >= 4 is 29.2 Å². The molecule has 0 radical (unpaired) electrons. The zero-order valence-corrected chi connectivity index (χ0v) is 18.0. The highest BCUT2D eigenvalue weighted by molar-refractivity contribution is 5.97. The maximum atomic E-state index is 12.7. The molecule has 168 valence electrons. The standard InChI is InChI=1S/C24H28N4O4/c29-22(10-11-23(30)28-16-17-32-21-9-5-4-8-20(21)28)25-19-12-14-27(15-13-19)24(31)26-18-6-2-1-3-7-18/h1-9,19H,10-17H2,(H,25,29)(H,26,31). The number of nitrogens with zero attached hydrogens (tertiary/aromatic N) is 2. The molecule has 0 spiro atoms. The lowest BCUT2D eigenvalue weighted by molar-refractivity contribution is -0.126. The van der Waals surface area contributed by atoms with E-state index in [2.05, 4.69) is 10.6 Å². The van der Waals surface area contributed by atoms with Crippen LogP contribution in [0.4, 0.5) is 16.2 Å². The van der Waals surface area contributed by atoms with Crippen LogP contribution in [0.1, 0.15) is 25.7 Å². The van der Waals surface area contributed by atoms with Gasteiger partial charge in [-0.1, -0.05) is 30.3 Å². The molecule has 4 rings (SSSR count). The second kappa shape index (κ2) is 10.2. The fraction of sp³-hybridized carbons (Fsp3) is 0.375. The number of benzene rings is 2. The third-order valence-electron chi connectivity index (χ3n) is 5.77. The highest BCUT2D eigenvalue weighted by Crippen LogP contribution is 2.31. The SMILES string of the molecule is O=C(CCC(=O)N1CCOc2ccccc21)NC1CCN(C(=O)Nc2ccccc2)CC1. The average molecular weight is 437 g/mol. The van der Waals surface area contributed by atoms with E-state index in [1.165, 1.54) is 0 Å². The molecule has 8 nitrogen and oxygen atoms in total. The highest BCUT2D eigenvalue weighted by Gasteiger charge is 2.26. The molecule has 8 heteroatoms. The Hall–Kier alpha value is -3.55. The van der Waals surface area contributed by atoms with E-state index in [0.29, 0.717) is 44.8 Å². The Labute approximate surface area is 187 Å². The highest BCUT2D eigenvalue weighted by atomic mass is 16.5. The maximum absolute atomic E-state index is 12.7. The molecule has 32 heavy (non-hydrogen) atoms. The normalized spacial score (nSPS) is 16.0. The number of urea groups is 1. The summed E-state index contributed by atoms with van der Waals surface area (Å²) >= 11 is 0. The first-order chi connectivity index (χ1) is 15.6. The van der Waals surface area contributed by atoms with E-state index in [-0.39, 0.29) is 36.7 Å². The van der Waals surface area contributed by atoms with Crippen LogP contribution in [0.2, 0.25) is 0 Å². The summed E-state index contributed by atoms with van der Waals surface area (Å²) in [4.78, 5) is 40.9. The zero-order chi connectivity index (χ0) is 22.3. The molecule has 2 aliphatic heterocycles. The van der Waals surface area contributed by atoms with Crippen LogP contribution in [0.15, 0.2) is 54.6 Å². The van der Waals surface area contributed by atoms with E-state index in [1.807, 2.05) is 54.6 Å². The number of rotatable bonds is 5. The number of carbonyl (C=O) groups excluding carboxylic acids is 3. The first-order valence-corrected chi connectivity index (χ1v) is 11.0. The van der Waals surface area contributed by atoms with Crippen LogP contribution in [0.3, 0.4) is 0 Å². The maximum Gasteiger partial charge on any atom is 0.321 e. The Morgan fingerprint density at radius 1 is 0.906 bits per heavy atom. The minimum Gasteiger partial charge on any atom is -0.490 e. The predicted molar refractivity (Wildman–Crippen MR) is 122 cm³/mol. The van der Waals surface area contributed by atoms with E-state index in [9.17, 15) is 14.4 Å². The number of hydrogen-bond donors (Lipinski definition) is 2. The summed E-state index contributed by atoms with van der Waals surface area (Å²) < 4.78 is 5.58. The number of nitrogens with one attached hydrogen (secondary N) is 2. The van der Waals surface area contributed by atoms with E-state index in [4.69, 9.17) is 4.74 Å². The Morgan fingerprint density at radius 3 is 2.41 bits per heavy atom. The molecule has 0 bridgehead atoms. The van der Waals surface area contributed by atoms with Crippen LogP contribution in [0.5, 0.6) is 5.75 Å². The summed E-state index contributed by atoms with van der Waals surface area (Å²) in [5, 5.41) is 5.90. The van der Waals surface area contributed by atoms with Crippen molar-refractivity contribution in [2.24, 2.45) is 0 Å². The van der Waals surface area contributed by atoms with Crippen molar-refractivity contribution in [3.05, 3.63) is 54.6 Å². The van der Waals surface area contributed by atoms with Crippen LogP contribution < -0.4 is 20.3 Å². The van der Waals surface area contributed by atoms with Gasteiger partial charge in [-0.15, -0.1) is 0 Å². The molecule has 1 fully saturated rings. The number of anilines is 2. The van der Waals surface area contributed by atoms with Gasteiger partial charge in [-0.2, -0.15) is 0 Å². The van der Waals surface area contributed by atoms with Gasteiger partial charge in [0.1, 0.15) is 12.4 Å². The molecule has 2 aromatic carbocycles. The van der Waals surface area contributed by atoms with Crippen molar-refractivity contribution in [1.29, 1.82) is 0 Å². The van der Waals surface area contributed by atoms with Gasteiger partial charge >= 0.3 is 6.03 Å². The lowest BCUT2D eigenvalue weighted by atomic mass is 10.0. The van der Waals surface area contributed by atoms with E-state index in [0.717, 1.165) is 11.4 Å². The second-order valence-corrected chi connectivity index (χ2v) is 7.99. The smallest absolute Gasteiger partial charge is 0.321 e. The molecule has 2 aliphatic rings. The minimum absolute atomic E-state index is 0.0162. The van der Waals surface area contributed by atoms with Gasteiger partial charge in [0.05, 0.1) is 12.2 Å². The molecular weight excluding hydrogens is 408 g/mol. The molecule has 0 atom stereocenters. The quantitative estimate of drug-likeness (QED) is 0.754. The topological polar surface area (TPSA) is 91.0 Å². The summed E-state index contributed by atoms with van der Waals surface area (Å²) in [6, 6.07) is 16.7. The van der Waals surface area contributed by atoms with Gasteiger partial charge in [0.25, 0.3) is 0 Å². The molecule has 0 saturated carbocycles. The number of para-hydroxylation sites is 3. The molecule has 0 aromatic heterocycles. The Bertz CT molecular complexity index is 957. The van der Waals surface area contributed by atoms with Crippen LogP contribution in [-0.2, 0) is 9.59 Å². The van der Waals surface area contributed by atoms with Crippen molar-refractivity contribution in [2.75, 3.05) is 36.5 Å². The van der Waals surface area contributed by atoms with Crippen molar-refractivity contribution < 1.29 is 19.1 Å². The number of ether oxygens (including phenoxy) is 1. The number of piperidine rings is 1. The number of carbonyl (C=O) groups is 3. The van der Waals surface area contributed by atoms with Gasteiger partial charge in [0, 0.05) is 37.7 Å². The molecule has 4 amide bonds. The number of fused-ring (bicyclic) bond motifs is 1. The molecule has 0 aliphatic carbocycles. The summed E-state index contributed by atoms with van der Waals surface area (Å²) in [6.45, 7) is 2.09. The zero-order valence-electron chi connectivity index (χ0n) is 18.0. The van der Waals surface area contributed by atoms with Gasteiger partial charge in [-0.3, -0.25) is 9.59 Å². The molecular formula is C24H28N4O4.